The fraction of sp³-hybridized carbons (Fsp3) is 0.750. The van der Waals surface area contributed by atoms with E-state index in [1.165, 1.54) is 23.5 Å². The molecule has 2 heterocycles. The monoisotopic (exact) mass is 466 g/mol. The molecule has 0 bridgehead atoms. The molecular formula is C16H22N2O6S4. The van der Waals surface area contributed by atoms with Crippen LogP contribution in [0.25, 0.3) is 0 Å². The summed E-state index contributed by atoms with van der Waals surface area (Å²) in [6.45, 7) is 0.343. The summed E-state index contributed by atoms with van der Waals surface area (Å²) in [6, 6.07) is -0.114. The van der Waals surface area contributed by atoms with E-state index in [1.54, 1.807) is 0 Å². The fourth-order valence-corrected chi connectivity index (χ4v) is 5.16. The Kier molecular flexibility index (Phi) is 8.30. The zero-order valence-electron chi connectivity index (χ0n) is 15.0. The zero-order valence-corrected chi connectivity index (χ0v) is 18.3. The molecule has 3 rings (SSSR count). The second-order valence-electron chi connectivity index (χ2n) is 6.65. The van der Waals surface area contributed by atoms with Crippen LogP contribution in [0.3, 0.4) is 0 Å². The number of carbonyl (C=O) groups is 2. The van der Waals surface area contributed by atoms with E-state index < -0.39 is 12.2 Å². The third kappa shape index (κ3) is 7.12. The van der Waals surface area contributed by atoms with E-state index in [2.05, 4.69) is 10.6 Å². The number of rotatable bonds is 6. The lowest BCUT2D eigenvalue weighted by molar-refractivity contribution is 0.0861. The first-order valence-electron chi connectivity index (χ1n) is 9.01. The summed E-state index contributed by atoms with van der Waals surface area (Å²) >= 11 is 12.8. The maximum absolute atomic E-state index is 12.0. The second kappa shape index (κ2) is 10.7. The van der Waals surface area contributed by atoms with Crippen molar-refractivity contribution in [3.63, 3.8) is 0 Å². The van der Waals surface area contributed by atoms with E-state index in [0.717, 1.165) is 19.3 Å². The largest absolute Gasteiger partial charge is 0.471 e. The third-order valence-corrected chi connectivity index (χ3v) is 7.06. The van der Waals surface area contributed by atoms with E-state index in [4.69, 9.17) is 43.4 Å². The van der Waals surface area contributed by atoms with Crippen LogP contribution in [0.15, 0.2) is 0 Å². The molecule has 156 valence electrons. The smallest absolute Gasteiger partial charge is 0.407 e. The van der Waals surface area contributed by atoms with Gasteiger partial charge in [0.1, 0.15) is 25.4 Å². The molecule has 0 aromatic rings. The minimum atomic E-state index is -0.480. The van der Waals surface area contributed by atoms with E-state index >= 15 is 0 Å². The lowest BCUT2D eigenvalue weighted by Crippen LogP contribution is -2.46. The van der Waals surface area contributed by atoms with E-state index in [1.807, 2.05) is 0 Å². The van der Waals surface area contributed by atoms with Gasteiger partial charge in [0.05, 0.1) is 0 Å². The van der Waals surface area contributed by atoms with Gasteiger partial charge in [0.25, 0.3) is 0 Å². The first kappa shape index (κ1) is 21.7. The van der Waals surface area contributed by atoms with Gasteiger partial charge in [-0.3, -0.25) is 0 Å². The maximum Gasteiger partial charge on any atom is 0.407 e. The molecule has 1 saturated carbocycles. The lowest BCUT2D eigenvalue weighted by Gasteiger charge is -2.30. The number of nitrogens with one attached hydrogen (secondary N) is 2. The van der Waals surface area contributed by atoms with Gasteiger partial charge in [0, 0.05) is 23.6 Å². The summed E-state index contributed by atoms with van der Waals surface area (Å²) < 4.78 is 22.1. The van der Waals surface area contributed by atoms with Crippen molar-refractivity contribution in [2.45, 2.75) is 50.0 Å². The maximum atomic E-state index is 12.0. The van der Waals surface area contributed by atoms with Crippen LogP contribution >= 0.6 is 48.0 Å². The summed E-state index contributed by atoms with van der Waals surface area (Å²) in [5, 5.41) is 5.71. The highest BCUT2D eigenvalue weighted by atomic mass is 32.2. The van der Waals surface area contributed by atoms with Crippen molar-refractivity contribution in [2.75, 3.05) is 24.7 Å². The molecule has 0 aromatic heterocycles. The van der Waals surface area contributed by atoms with Gasteiger partial charge in [-0.15, -0.1) is 0 Å². The predicted molar refractivity (Wildman–Crippen MR) is 115 cm³/mol. The minimum Gasteiger partial charge on any atom is -0.471 e. The summed E-state index contributed by atoms with van der Waals surface area (Å²) in [5.74, 6) is 1.39. The average molecular weight is 467 g/mol. The predicted octanol–water partition coefficient (Wildman–Crippen LogP) is 2.58. The van der Waals surface area contributed by atoms with Crippen molar-refractivity contribution in [3.05, 3.63) is 0 Å². The van der Waals surface area contributed by atoms with Crippen LogP contribution < -0.4 is 10.6 Å². The van der Waals surface area contributed by atoms with Crippen LogP contribution in [0.1, 0.15) is 25.7 Å². The Morgan fingerprint density at radius 1 is 0.929 bits per heavy atom. The Bertz CT molecular complexity index is 572. The number of ether oxygens (including phenoxy) is 4. The average Bonchev–Trinajstić information content (AvgIpc) is 3.26. The van der Waals surface area contributed by atoms with Crippen LogP contribution in [0, 0.1) is 0 Å². The Morgan fingerprint density at radius 3 is 1.79 bits per heavy atom. The van der Waals surface area contributed by atoms with Gasteiger partial charge in [0.2, 0.25) is 8.77 Å². The van der Waals surface area contributed by atoms with Crippen molar-refractivity contribution < 1.29 is 28.5 Å². The number of amides is 2. The Balaban J connectivity index is 1.31. The highest BCUT2D eigenvalue weighted by Crippen LogP contribution is 2.22. The normalized spacial score (nSPS) is 29.6. The molecular weight excluding hydrogens is 444 g/mol. The number of thioether (sulfide) groups is 2. The molecule has 28 heavy (non-hydrogen) atoms. The molecule has 8 nitrogen and oxygen atoms in total. The van der Waals surface area contributed by atoms with Gasteiger partial charge in [-0.05, 0) is 50.1 Å². The van der Waals surface area contributed by atoms with Crippen molar-refractivity contribution in [2.24, 2.45) is 0 Å². The van der Waals surface area contributed by atoms with Crippen LogP contribution in [-0.2, 0) is 18.9 Å². The zero-order chi connectivity index (χ0) is 19.9. The Morgan fingerprint density at radius 2 is 1.39 bits per heavy atom. The SMILES string of the molecule is O=C(NC1CCCC(NC(=O)OCC2CSC(=S)O2)C1)OCC1CSC(=S)O1. The molecule has 2 N–H and O–H groups in total. The Labute approximate surface area is 182 Å². The summed E-state index contributed by atoms with van der Waals surface area (Å²) in [6.07, 6.45) is 1.87. The highest BCUT2D eigenvalue weighted by molar-refractivity contribution is 8.23. The molecule has 2 aliphatic heterocycles. The summed E-state index contributed by atoms with van der Waals surface area (Å²) in [4.78, 5) is 24.0. The van der Waals surface area contributed by atoms with Crippen LogP contribution in [0.5, 0.6) is 0 Å². The number of hydrogen-bond acceptors (Lipinski definition) is 10. The summed E-state index contributed by atoms with van der Waals surface area (Å²) in [5.41, 5.74) is 0. The number of carbonyl (C=O) groups excluding carboxylic acids is 2. The molecule has 4 unspecified atom stereocenters. The highest BCUT2D eigenvalue weighted by Gasteiger charge is 2.28. The molecule has 4 atom stereocenters. The van der Waals surface area contributed by atoms with Gasteiger partial charge in [-0.25, -0.2) is 9.59 Å². The standard InChI is InChI=1S/C16H22N2O6S4/c19-13(21-5-11-7-27-15(25)23-11)17-9-2-1-3-10(4-9)18-14(20)22-6-12-8-28-16(26)24-12/h9-12H,1-8H2,(H,17,19)(H,18,20). The molecule has 3 aliphatic rings. The molecule has 1 aliphatic carbocycles. The number of hydrogen-bond donors (Lipinski definition) is 2. The van der Waals surface area contributed by atoms with Gasteiger partial charge < -0.3 is 29.6 Å². The molecule has 0 aromatic carbocycles. The lowest BCUT2D eigenvalue weighted by atomic mass is 9.91. The minimum absolute atomic E-state index is 0.0570. The molecule has 0 spiro atoms. The van der Waals surface area contributed by atoms with Crippen molar-refractivity contribution in [3.8, 4) is 0 Å². The number of thiocarbonyl (C=S) groups is 2. The van der Waals surface area contributed by atoms with E-state index in [0.29, 0.717) is 26.7 Å². The molecule has 3 fully saturated rings. The van der Waals surface area contributed by atoms with Crippen LogP contribution in [0.4, 0.5) is 9.59 Å². The molecule has 12 heteroatoms. The van der Waals surface area contributed by atoms with E-state index in [9.17, 15) is 9.59 Å². The molecule has 0 radical (unpaired) electrons. The van der Waals surface area contributed by atoms with Crippen LogP contribution in [-0.4, -0.2) is 70.0 Å². The third-order valence-electron chi connectivity index (χ3n) is 4.42. The molecule has 2 amide bonds. The van der Waals surface area contributed by atoms with Gasteiger partial charge in [0.15, 0.2) is 0 Å². The second-order valence-corrected chi connectivity index (χ2v) is 9.89. The first-order chi connectivity index (χ1) is 13.5. The molecule has 2 saturated heterocycles. The van der Waals surface area contributed by atoms with Gasteiger partial charge in [-0.2, -0.15) is 0 Å². The van der Waals surface area contributed by atoms with Crippen molar-refractivity contribution in [1.29, 1.82) is 0 Å². The van der Waals surface area contributed by atoms with Crippen LogP contribution in [0.2, 0.25) is 0 Å². The fourth-order valence-electron chi connectivity index (χ4n) is 3.10. The van der Waals surface area contributed by atoms with Crippen molar-refractivity contribution >= 4 is 68.9 Å². The van der Waals surface area contributed by atoms with Gasteiger partial charge in [-0.1, -0.05) is 23.5 Å². The summed E-state index contributed by atoms with van der Waals surface area (Å²) in [7, 11) is 0. The van der Waals surface area contributed by atoms with Gasteiger partial charge >= 0.3 is 12.2 Å². The number of alkyl carbamates (subject to hydrolysis) is 2. The quantitative estimate of drug-likeness (QED) is 0.569. The Hall–Kier alpha value is -0.980. The van der Waals surface area contributed by atoms with E-state index in [-0.39, 0.29) is 37.5 Å². The topological polar surface area (TPSA) is 95.1 Å². The van der Waals surface area contributed by atoms with Crippen molar-refractivity contribution in [1.82, 2.24) is 10.6 Å². The first-order valence-corrected chi connectivity index (χ1v) is 11.8.